The van der Waals surface area contributed by atoms with Crippen molar-refractivity contribution in [1.29, 1.82) is 5.26 Å². The Morgan fingerprint density at radius 3 is 2.55 bits per heavy atom. The standard InChI is InChI=1S/C30H32N2O6/c1-30(2,13-3-4-20-5-12-26-28(14-20)38-19-37-26)32-17-25(33)18-36-27-15-23(10-11-24(27)16-31)21-6-8-22(9-7-21)29(34)35/h5-12,14-15,25,32-33H,3-4,13,17-19H2,1-2H3,(H,34,35)/t25-/m1/s1. The van der Waals surface area contributed by atoms with E-state index in [4.69, 9.17) is 19.3 Å². The largest absolute Gasteiger partial charge is 0.489 e. The molecule has 0 fully saturated rings. The Labute approximate surface area is 222 Å². The van der Waals surface area contributed by atoms with E-state index in [0.717, 1.165) is 41.9 Å². The van der Waals surface area contributed by atoms with Crippen LogP contribution in [0.2, 0.25) is 0 Å². The number of nitrogens with zero attached hydrogens (tertiary/aromatic N) is 1. The average Bonchev–Trinajstić information content (AvgIpc) is 3.38. The molecule has 8 heteroatoms. The fraction of sp³-hybridized carbons (Fsp3) is 0.333. The van der Waals surface area contributed by atoms with Gasteiger partial charge in [0.15, 0.2) is 11.5 Å². The molecule has 0 saturated carbocycles. The number of aliphatic hydroxyl groups is 1. The number of hydrogen-bond donors (Lipinski definition) is 3. The molecule has 0 unspecified atom stereocenters. The monoisotopic (exact) mass is 516 g/mol. The van der Waals surface area contributed by atoms with Gasteiger partial charge in [0.25, 0.3) is 0 Å². The van der Waals surface area contributed by atoms with Gasteiger partial charge in [-0.2, -0.15) is 5.26 Å². The van der Waals surface area contributed by atoms with Gasteiger partial charge < -0.3 is 29.7 Å². The first-order valence-electron chi connectivity index (χ1n) is 12.6. The second-order valence-corrected chi connectivity index (χ2v) is 9.98. The molecule has 1 atom stereocenters. The lowest BCUT2D eigenvalue weighted by atomic mass is 9.95. The molecule has 0 bridgehead atoms. The number of carboxylic acid groups (broad SMARTS) is 1. The second kappa shape index (κ2) is 12.0. The van der Waals surface area contributed by atoms with Crippen molar-refractivity contribution >= 4 is 5.97 Å². The summed E-state index contributed by atoms with van der Waals surface area (Å²) in [6.45, 7) is 4.85. The minimum Gasteiger partial charge on any atom is -0.489 e. The fourth-order valence-corrected chi connectivity index (χ4v) is 4.28. The summed E-state index contributed by atoms with van der Waals surface area (Å²) in [5, 5.41) is 32.5. The molecule has 0 spiro atoms. The Hall–Kier alpha value is -4.06. The molecule has 1 aliphatic rings. The quantitative estimate of drug-likeness (QED) is 0.314. The van der Waals surface area contributed by atoms with Crippen LogP contribution in [0.15, 0.2) is 60.7 Å². The van der Waals surface area contributed by atoms with Crippen LogP contribution in [0.4, 0.5) is 0 Å². The first kappa shape index (κ1) is 27.0. The van der Waals surface area contributed by atoms with E-state index < -0.39 is 12.1 Å². The highest BCUT2D eigenvalue weighted by Crippen LogP contribution is 2.33. The molecule has 0 aromatic heterocycles. The maximum absolute atomic E-state index is 11.1. The van der Waals surface area contributed by atoms with E-state index in [1.54, 1.807) is 30.3 Å². The zero-order chi connectivity index (χ0) is 27.1. The van der Waals surface area contributed by atoms with Gasteiger partial charge in [-0.15, -0.1) is 0 Å². The van der Waals surface area contributed by atoms with Crippen molar-refractivity contribution < 1.29 is 29.2 Å². The fourth-order valence-electron chi connectivity index (χ4n) is 4.28. The Bertz CT molecular complexity index is 1310. The molecule has 8 nitrogen and oxygen atoms in total. The van der Waals surface area contributed by atoms with Crippen molar-refractivity contribution in [2.24, 2.45) is 0 Å². The zero-order valence-corrected chi connectivity index (χ0v) is 21.6. The third kappa shape index (κ3) is 7.03. The number of fused-ring (bicyclic) bond motifs is 1. The van der Waals surface area contributed by atoms with Crippen LogP contribution in [-0.4, -0.2) is 47.8 Å². The van der Waals surface area contributed by atoms with Gasteiger partial charge >= 0.3 is 5.97 Å². The molecule has 1 heterocycles. The molecular formula is C30H32N2O6. The number of rotatable bonds is 12. The average molecular weight is 517 g/mol. The number of benzene rings is 3. The number of aryl methyl sites for hydroxylation is 1. The number of aromatic carboxylic acids is 1. The van der Waals surface area contributed by atoms with Gasteiger partial charge in [-0.3, -0.25) is 0 Å². The lowest BCUT2D eigenvalue weighted by molar-refractivity contribution is 0.0697. The van der Waals surface area contributed by atoms with Gasteiger partial charge in [0.1, 0.15) is 24.5 Å². The van der Waals surface area contributed by atoms with Crippen molar-refractivity contribution in [3.63, 3.8) is 0 Å². The Kier molecular flexibility index (Phi) is 8.52. The Morgan fingerprint density at radius 1 is 1.08 bits per heavy atom. The highest BCUT2D eigenvalue weighted by Gasteiger charge is 2.20. The first-order chi connectivity index (χ1) is 18.2. The molecule has 4 rings (SSSR count). The summed E-state index contributed by atoms with van der Waals surface area (Å²) in [4.78, 5) is 11.1. The number of carbonyl (C=O) groups is 1. The lowest BCUT2D eigenvalue weighted by Gasteiger charge is -2.28. The summed E-state index contributed by atoms with van der Waals surface area (Å²) < 4.78 is 16.6. The number of aliphatic hydroxyl groups excluding tert-OH is 1. The number of carboxylic acids is 1. The minimum absolute atomic E-state index is 0.0242. The molecular weight excluding hydrogens is 484 g/mol. The van der Waals surface area contributed by atoms with Gasteiger partial charge in [0, 0.05) is 12.1 Å². The second-order valence-electron chi connectivity index (χ2n) is 9.98. The van der Waals surface area contributed by atoms with Crippen LogP contribution >= 0.6 is 0 Å². The highest BCUT2D eigenvalue weighted by molar-refractivity contribution is 5.88. The SMILES string of the molecule is CC(C)(CCCc1ccc2c(c1)OCO2)NC[C@@H](O)COc1cc(-c2ccc(C(=O)O)cc2)ccc1C#N. The summed E-state index contributed by atoms with van der Waals surface area (Å²) in [7, 11) is 0. The van der Waals surface area contributed by atoms with Crippen LogP contribution in [0.25, 0.3) is 11.1 Å². The van der Waals surface area contributed by atoms with Crippen LogP contribution < -0.4 is 19.5 Å². The van der Waals surface area contributed by atoms with Crippen LogP contribution in [0.5, 0.6) is 17.2 Å². The van der Waals surface area contributed by atoms with E-state index in [2.05, 4.69) is 31.3 Å². The minimum atomic E-state index is -0.990. The van der Waals surface area contributed by atoms with Crippen molar-refractivity contribution in [1.82, 2.24) is 5.32 Å². The number of hydrogen-bond acceptors (Lipinski definition) is 7. The Morgan fingerprint density at radius 2 is 1.82 bits per heavy atom. The lowest BCUT2D eigenvalue weighted by Crippen LogP contribution is -2.44. The van der Waals surface area contributed by atoms with Gasteiger partial charge in [0.2, 0.25) is 6.79 Å². The Balaban J connectivity index is 1.26. The topological polar surface area (TPSA) is 121 Å². The van der Waals surface area contributed by atoms with Gasteiger partial charge in [-0.05, 0) is 86.2 Å². The van der Waals surface area contributed by atoms with E-state index >= 15 is 0 Å². The summed E-state index contributed by atoms with van der Waals surface area (Å²) >= 11 is 0. The predicted molar refractivity (Wildman–Crippen MR) is 143 cm³/mol. The molecule has 0 amide bonds. The van der Waals surface area contributed by atoms with E-state index in [-0.39, 0.29) is 24.5 Å². The van der Waals surface area contributed by atoms with Crippen LogP contribution in [-0.2, 0) is 6.42 Å². The molecule has 0 saturated heterocycles. The normalized spacial score (nSPS) is 13.1. The van der Waals surface area contributed by atoms with Gasteiger partial charge in [-0.1, -0.05) is 24.3 Å². The molecule has 0 radical (unpaired) electrons. The molecule has 3 aromatic carbocycles. The van der Waals surface area contributed by atoms with Crippen molar-refractivity contribution in [2.75, 3.05) is 19.9 Å². The number of ether oxygens (including phenoxy) is 3. The number of β-amino-alcohol motifs (C(OH)–C–C–N with tert-alkyl or cyclic N) is 1. The van der Waals surface area contributed by atoms with E-state index in [0.29, 0.717) is 17.9 Å². The van der Waals surface area contributed by atoms with Crippen LogP contribution in [0, 0.1) is 11.3 Å². The summed E-state index contributed by atoms with van der Waals surface area (Å²) in [6.07, 6.45) is 2.03. The van der Waals surface area contributed by atoms with Gasteiger partial charge in [0.05, 0.1) is 11.1 Å². The molecule has 38 heavy (non-hydrogen) atoms. The number of nitrogens with one attached hydrogen (secondary N) is 1. The predicted octanol–water partition coefficient (Wildman–Crippen LogP) is 4.78. The molecule has 0 aliphatic carbocycles. The molecule has 198 valence electrons. The number of nitriles is 1. The van der Waals surface area contributed by atoms with Crippen molar-refractivity contribution in [2.45, 2.75) is 44.8 Å². The summed E-state index contributed by atoms with van der Waals surface area (Å²) in [6, 6.07) is 19.8. The third-order valence-electron chi connectivity index (χ3n) is 6.52. The maximum Gasteiger partial charge on any atom is 0.335 e. The first-order valence-corrected chi connectivity index (χ1v) is 12.6. The molecule has 1 aliphatic heterocycles. The summed E-state index contributed by atoms with van der Waals surface area (Å²) in [5.41, 5.74) is 3.16. The van der Waals surface area contributed by atoms with E-state index in [1.807, 2.05) is 12.1 Å². The van der Waals surface area contributed by atoms with E-state index in [1.165, 1.54) is 17.7 Å². The van der Waals surface area contributed by atoms with Crippen LogP contribution in [0.1, 0.15) is 48.2 Å². The molecule has 3 aromatic rings. The molecule has 3 N–H and O–H groups in total. The maximum atomic E-state index is 11.1. The zero-order valence-electron chi connectivity index (χ0n) is 21.6. The van der Waals surface area contributed by atoms with Crippen LogP contribution in [0.3, 0.4) is 0 Å². The van der Waals surface area contributed by atoms with E-state index in [9.17, 15) is 15.2 Å². The van der Waals surface area contributed by atoms with Crippen molar-refractivity contribution in [3.05, 3.63) is 77.4 Å². The highest BCUT2D eigenvalue weighted by atomic mass is 16.7. The third-order valence-corrected chi connectivity index (χ3v) is 6.52. The van der Waals surface area contributed by atoms with Crippen molar-refractivity contribution in [3.8, 4) is 34.4 Å². The summed E-state index contributed by atoms with van der Waals surface area (Å²) in [5.74, 6) is 0.962. The smallest absolute Gasteiger partial charge is 0.335 e. The van der Waals surface area contributed by atoms with Gasteiger partial charge in [-0.25, -0.2) is 4.79 Å².